The number of nitrogens with zero attached hydrogens (tertiary/aromatic N) is 3. The molecule has 0 N–H and O–H groups in total. The van der Waals surface area contributed by atoms with E-state index in [-0.39, 0.29) is 5.54 Å². The molecule has 3 rings (SSSR count). The maximum absolute atomic E-state index is 10.8. The van der Waals surface area contributed by atoms with Crippen LogP contribution < -0.4 is 0 Å². The molecule has 1 aliphatic carbocycles. The van der Waals surface area contributed by atoms with Gasteiger partial charge in [0.2, 0.25) is 6.08 Å². The van der Waals surface area contributed by atoms with Crippen molar-refractivity contribution in [1.82, 2.24) is 9.78 Å². The van der Waals surface area contributed by atoms with Crippen molar-refractivity contribution >= 4 is 32.9 Å². The largest absolute Gasteiger partial charge is 0.267 e. The summed E-state index contributed by atoms with van der Waals surface area (Å²) in [6.07, 6.45) is 5.82. The molecule has 1 aliphatic rings. The van der Waals surface area contributed by atoms with Crippen molar-refractivity contribution in [3.8, 4) is 0 Å². The predicted molar refractivity (Wildman–Crippen MR) is 76.7 cm³/mol. The van der Waals surface area contributed by atoms with E-state index in [1.807, 2.05) is 17.8 Å². The topological polar surface area (TPSA) is 47.2 Å². The van der Waals surface area contributed by atoms with Crippen LogP contribution in [0.15, 0.2) is 27.8 Å². The summed E-state index contributed by atoms with van der Waals surface area (Å²) in [4.78, 5) is 14.9. The van der Waals surface area contributed by atoms with Gasteiger partial charge in [0.25, 0.3) is 0 Å². The van der Waals surface area contributed by atoms with Crippen molar-refractivity contribution in [3.63, 3.8) is 0 Å². The van der Waals surface area contributed by atoms with Gasteiger partial charge in [-0.15, -0.1) is 0 Å². The second kappa shape index (κ2) is 4.58. The third kappa shape index (κ3) is 1.94. The van der Waals surface area contributed by atoms with E-state index in [1.165, 1.54) is 0 Å². The zero-order valence-corrected chi connectivity index (χ0v) is 12.3. The highest BCUT2D eigenvalue weighted by Crippen LogP contribution is 2.43. The Bertz CT molecular complexity index is 679. The first-order valence-corrected chi connectivity index (χ1v) is 7.17. The van der Waals surface area contributed by atoms with Crippen LogP contribution in [-0.2, 0) is 17.4 Å². The fraction of sp³-hybridized carbons (Fsp3) is 0.429. The Morgan fingerprint density at radius 1 is 1.42 bits per heavy atom. The van der Waals surface area contributed by atoms with Crippen molar-refractivity contribution in [2.45, 2.75) is 31.2 Å². The predicted octanol–water partition coefficient (Wildman–Crippen LogP) is 3.44. The van der Waals surface area contributed by atoms with Crippen molar-refractivity contribution < 1.29 is 4.79 Å². The summed E-state index contributed by atoms with van der Waals surface area (Å²) in [6, 6.07) is 6.20. The van der Waals surface area contributed by atoms with Crippen LogP contribution in [0.5, 0.6) is 0 Å². The lowest BCUT2D eigenvalue weighted by Gasteiger charge is -2.22. The van der Waals surface area contributed by atoms with Gasteiger partial charge in [-0.1, -0.05) is 18.9 Å². The normalized spacial score (nSPS) is 17.6. The number of isocyanates is 1. The zero-order valence-electron chi connectivity index (χ0n) is 10.7. The minimum absolute atomic E-state index is 0.370. The van der Waals surface area contributed by atoms with Crippen molar-refractivity contribution in [2.75, 3.05) is 0 Å². The molecular formula is C14H14BrN3O. The van der Waals surface area contributed by atoms with Crippen molar-refractivity contribution in [3.05, 3.63) is 28.4 Å². The summed E-state index contributed by atoms with van der Waals surface area (Å²) < 4.78 is 2.67. The number of hydrogen-bond donors (Lipinski definition) is 0. The molecule has 1 aromatic heterocycles. The molecule has 0 saturated heterocycles. The maximum Gasteiger partial charge on any atom is 0.235 e. The number of hydrogen-bond acceptors (Lipinski definition) is 3. The summed E-state index contributed by atoms with van der Waals surface area (Å²) >= 11 is 3.48. The first-order valence-electron chi connectivity index (χ1n) is 6.38. The second-order valence-corrected chi connectivity index (χ2v) is 5.84. The van der Waals surface area contributed by atoms with Crippen molar-refractivity contribution in [2.24, 2.45) is 12.0 Å². The van der Waals surface area contributed by atoms with Gasteiger partial charge in [-0.2, -0.15) is 10.1 Å². The van der Waals surface area contributed by atoms with Crippen LogP contribution in [0, 0.1) is 0 Å². The average Bonchev–Trinajstić information content (AvgIpc) is 2.97. The van der Waals surface area contributed by atoms with Crippen LogP contribution in [0.4, 0.5) is 0 Å². The van der Waals surface area contributed by atoms with Crippen LogP contribution in [0.3, 0.4) is 0 Å². The van der Waals surface area contributed by atoms with Crippen molar-refractivity contribution in [1.29, 1.82) is 0 Å². The number of benzene rings is 1. The van der Waals surface area contributed by atoms with E-state index < -0.39 is 0 Å². The SMILES string of the molecule is Cn1nc(Br)c2cc(C3(N=C=O)CCCC3)ccc21. The molecule has 0 radical (unpaired) electrons. The third-order valence-electron chi connectivity index (χ3n) is 4.03. The Kier molecular flexibility index (Phi) is 3.03. The number of aliphatic imine (C=N–C) groups is 1. The molecule has 1 fully saturated rings. The quantitative estimate of drug-likeness (QED) is 0.628. The molecule has 4 nitrogen and oxygen atoms in total. The van der Waals surface area contributed by atoms with Gasteiger partial charge >= 0.3 is 0 Å². The van der Waals surface area contributed by atoms with Gasteiger partial charge < -0.3 is 0 Å². The standard InChI is InChI=1S/C14H14BrN3O/c1-18-12-5-4-10(8-11(12)13(15)17-18)14(16-9-19)6-2-3-7-14/h4-5,8H,2-3,6-7H2,1H3. The molecule has 0 spiro atoms. The van der Waals surface area contributed by atoms with Gasteiger partial charge in [-0.25, -0.2) is 4.79 Å². The Labute approximate surface area is 119 Å². The lowest BCUT2D eigenvalue weighted by Crippen LogP contribution is -2.18. The average molecular weight is 320 g/mol. The zero-order chi connectivity index (χ0) is 13.5. The van der Waals surface area contributed by atoms with Gasteiger partial charge in [-0.3, -0.25) is 4.68 Å². The molecule has 2 aromatic rings. The first-order chi connectivity index (χ1) is 9.16. The molecule has 1 heterocycles. The lowest BCUT2D eigenvalue weighted by molar-refractivity contribution is 0.456. The van der Waals surface area contributed by atoms with E-state index in [2.05, 4.69) is 38.2 Å². The molecule has 0 bridgehead atoms. The molecule has 5 heteroatoms. The summed E-state index contributed by atoms with van der Waals surface area (Å²) in [5.74, 6) is 0. The third-order valence-corrected chi connectivity index (χ3v) is 4.62. The minimum Gasteiger partial charge on any atom is -0.267 e. The first kappa shape index (κ1) is 12.6. The second-order valence-electron chi connectivity index (χ2n) is 5.09. The monoisotopic (exact) mass is 319 g/mol. The number of aromatic nitrogens is 2. The highest BCUT2D eigenvalue weighted by atomic mass is 79.9. The number of halogens is 1. The fourth-order valence-corrected chi connectivity index (χ4v) is 3.58. The van der Waals surface area contributed by atoms with Gasteiger partial charge in [0.1, 0.15) is 4.60 Å². The Morgan fingerprint density at radius 3 is 2.84 bits per heavy atom. The van der Waals surface area contributed by atoms with Gasteiger partial charge in [0.15, 0.2) is 0 Å². The van der Waals surface area contributed by atoms with Gasteiger partial charge in [0, 0.05) is 12.4 Å². The number of rotatable bonds is 2. The van der Waals surface area contributed by atoms with Gasteiger partial charge in [0.05, 0.1) is 11.1 Å². The molecule has 0 unspecified atom stereocenters. The fourth-order valence-electron chi connectivity index (χ4n) is 3.02. The summed E-state index contributed by atoms with van der Waals surface area (Å²) in [5, 5.41) is 5.41. The van der Waals surface area contributed by atoms with E-state index in [9.17, 15) is 4.79 Å². The molecule has 98 valence electrons. The molecule has 0 aliphatic heterocycles. The Hall–Kier alpha value is -1.45. The molecule has 1 saturated carbocycles. The Balaban J connectivity index is 2.19. The molecule has 0 amide bonds. The maximum atomic E-state index is 10.8. The van der Waals surface area contributed by atoms with Crippen LogP contribution in [0.2, 0.25) is 0 Å². The molecule has 0 atom stereocenters. The van der Waals surface area contributed by atoms with E-state index in [4.69, 9.17) is 0 Å². The van der Waals surface area contributed by atoms with E-state index in [0.29, 0.717) is 0 Å². The molecule has 19 heavy (non-hydrogen) atoms. The number of fused-ring (bicyclic) bond motifs is 1. The van der Waals surface area contributed by atoms with Gasteiger partial charge in [-0.05, 0) is 46.5 Å². The van der Waals surface area contributed by atoms with Crippen LogP contribution in [0.25, 0.3) is 10.9 Å². The van der Waals surface area contributed by atoms with E-state index >= 15 is 0 Å². The molecule has 1 aromatic carbocycles. The lowest BCUT2D eigenvalue weighted by atomic mass is 9.88. The van der Waals surface area contributed by atoms with Crippen LogP contribution >= 0.6 is 15.9 Å². The van der Waals surface area contributed by atoms with Crippen LogP contribution in [-0.4, -0.2) is 15.9 Å². The van der Waals surface area contributed by atoms with E-state index in [0.717, 1.165) is 46.8 Å². The van der Waals surface area contributed by atoms with E-state index in [1.54, 1.807) is 6.08 Å². The minimum atomic E-state index is -0.370. The summed E-state index contributed by atoms with van der Waals surface area (Å²) in [6.45, 7) is 0. The summed E-state index contributed by atoms with van der Waals surface area (Å²) in [5.41, 5.74) is 1.79. The number of carbonyl (C=O) groups excluding carboxylic acids is 1. The Morgan fingerprint density at radius 2 is 2.16 bits per heavy atom. The summed E-state index contributed by atoms with van der Waals surface area (Å²) in [7, 11) is 1.92. The highest BCUT2D eigenvalue weighted by molar-refractivity contribution is 9.10. The smallest absolute Gasteiger partial charge is 0.235 e. The van der Waals surface area contributed by atoms with Crippen LogP contribution in [0.1, 0.15) is 31.2 Å². The number of aryl methyl sites for hydroxylation is 1. The molecular weight excluding hydrogens is 306 g/mol. The highest BCUT2D eigenvalue weighted by Gasteiger charge is 2.35.